The molecule has 1 amide bonds. The standard InChI is InChI=1S/C21H29N5O2/c27-20(9-4-18-28-19-7-2-1-3-8-19)22-12-6-13-25-14-16-26(17-15-25)21-23-10-5-11-24-21/h1-3,5,7-8,10-11H,4,6,9,12-18H2,(H,22,27). The molecule has 1 saturated heterocycles. The third kappa shape index (κ3) is 6.81. The van der Waals surface area contributed by atoms with Crippen LogP contribution in [-0.4, -0.2) is 66.7 Å². The molecule has 1 N–H and O–H groups in total. The summed E-state index contributed by atoms with van der Waals surface area (Å²) in [6, 6.07) is 11.5. The number of nitrogens with one attached hydrogen (secondary N) is 1. The van der Waals surface area contributed by atoms with Crippen molar-refractivity contribution in [1.29, 1.82) is 0 Å². The number of amides is 1. The second-order valence-electron chi connectivity index (χ2n) is 6.85. The van der Waals surface area contributed by atoms with Crippen LogP contribution in [0.4, 0.5) is 5.95 Å². The fourth-order valence-electron chi connectivity index (χ4n) is 3.18. The smallest absolute Gasteiger partial charge is 0.225 e. The Morgan fingerprint density at radius 1 is 1.00 bits per heavy atom. The third-order valence-corrected chi connectivity index (χ3v) is 4.74. The van der Waals surface area contributed by atoms with E-state index in [-0.39, 0.29) is 5.91 Å². The number of hydrogen-bond acceptors (Lipinski definition) is 6. The molecular formula is C21H29N5O2. The largest absolute Gasteiger partial charge is 0.494 e. The van der Waals surface area contributed by atoms with Crippen LogP contribution in [0.1, 0.15) is 19.3 Å². The Labute approximate surface area is 166 Å². The molecule has 0 bridgehead atoms. The van der Waals surface area contributed by atoms with Gasteiger partial charge in [-0.2, -0.15) is 0 Å². The van der Waals surface area contributed by atoms with Crippen molar-refractivity contribution >= 4 is 11.9 Å². The Morgan fingerprint density at radius 2 is 1.75 bits per heavy atom. The summed E-state index contributed by atoms with van der Waals surface area (Å²) in [7, 11) is 0. The number of benzene rings is 1. The molecule has 150 valence electrons. The second kappa shape index (κ2) is 11.2. The minimum Gasteiger partial charge on any atom is -0.494 e. The zero-order chi connectivity index (χ0) is 19.4. The van der Waals surface area contributed by atoms with Gasteiger partial charge in [0, 0.05) is 51.5 Å². The first-order valence-corrected chi connectivity index (χ1v) is 10.00. The van der Waals surface area contributed by atoms with Crippen molar-refractivity contribution in [2.24, 2.45) is 0 Å². The molecule has 2 heterocycles. The van der Waals surface area contributed by atoms with Gasteiger partial charge in [-0.15, -0.1) is 0 Å². The van der Waals surface area contributed by atoms with Crippen molar-refractivity contribution in [3.8, 4) is 5.75 Å². The average molecular weight is 383 g/mol. The van der Waals surface area contributed by atoms with Gasteiger partial charge in [-0.1, -0.05) is 18.2 Å². The topological polar surface area (TPSA) is 70.6 Å². The van der Waals surface area contributed by atoms with Gasteiger partial charge >= 0.3 is 0 Å². The number of para-hydroxylation sites is 1. The highest BCUT2D eigenvalue weighted by molar-refractivity contribution is 5.75. The van der Waals surface area contributed by atoms with Crippen LogP contribution in [0.5, 0.6) is 5.75 Å². The molecule has 0 atom stereocenters. The van der Waals surface area contributed by atoms with Crippen molar-refractivity contribution in [2.75, 3.05) is 50.8 Å². The maximum Gasteiger partial charge on any atom is 0.225 e. The minimum absolute atomic E-state index is 0.0997. The zero-order valence-electron chi connectivity index (χ0n) is 16.3. The Kier molecular flexibility index (Phi) is 8.06. The first-order valence-electron chi connectivity index (χ1n) is 10.00. The summed E-state index contributed by atoms with van der Waals surface area (Å²) in [6.45, 7) is 6.18. The average Bonchev–Trinajstić information content (AvgIpc) is 2.76. The predicted molar refractivity (Wildman–Crippen MR) is 109 cm³/mol. The molecule has 7 nitrogen and oxygen atoms in total. The molecule has 0 aliphatic carbocycles. The molecule has 1 fully saturated rings. The van der Waals surface area contributed by atoms with Crippen LogP contribution in [0.25, 0.3) is 0 Å². The van der Waals surface area contributed by atoms with Crippen LogP contribution in [0.15, 0.2) is 48.8 Å². The monoisotopic (exact) mass is 383 g/mol. The van der Waals surface area contributed by atoms with Gasteiger partial charge in [0.15, 0.2) is 0 Å². The molecule has 28 heavy (non-hydrogen) atoms. The van der Waals surface area contributed by atoms with Crippen molar-refractivity contribution < 1.29 is 9.53 Å². The van der Waals surface area contributed by atoms with Gasteiger partial charge < -0.3 is 15.0 Å². The lowest BCUT2D eigenvalue weighted by Crippen LogP contribution is -2.47. The molecule has 1 aliphatic heterocycles. The van der Waals surface area contributed by atoms with E-state index in [1.807, 2.05) is 36.4 Å². The van der Waals surface area contributed by atoms with Crippen molar-refractivity contribution in [2.45, 2.75) is 19.3 Å². The van der Waals surface area contributed by atoms with Crippen LogP contribution < -0.4 is 15.0 Å². The molecule has 0 saturated carbocycles. The first-order chi connectivity index (χ1) is 13.8. The minimum atomic E-state index is 0.0997. The SMILES string of the molecule is O=C(CCCOc1ccccc1)NCCCN1CCN(c2ncccn2)CC1. The van der Waals surface area contributed by atoms with Crippen molar-refractivity contribution in [1.82, 2.24) is 20.2 Å². The Hall–Kier alpha value is -2.67. The van der Waals surface area contributed by atoms with Gasteiger partial charge in [0.25, 0.3) is 0 Å². The molecule has 2 aromatic rings. The Morgan fingerprint density at radius 3 is 2.50 bits per heavy atom. The van der Waals surface area contributed by atoms with Gasteiger partial charge in [-0.25, -0.2) is 9.97 Å². The van der Waals surface area contributed by atoms with E-state index in [1.54, 1.807) is 12.4 Å². The lowest BCUT2D eigenvalue weighted by atomic mass is 10.2. The molecule has 0 radical (unpaired) electrons. The predicted octanol–water partition coefficient (Wildman–Crippen LogP) is 1.96. The van der Waals surface area contributed by atoms with Crippen molar-refractivity contribution in [3.63, 3.8) is 0 Å². The Bertz CT molecular complexity index is 690. The molecule has 0 spiro atoms. The molecule has 1 aromatic carbocycles. The molecule has 1 aromatic heterocycles. The van der Waals surface area contributed by atoms with Gasteiger partial charge in [0.1, 0.15) is 5.75 Å². The highest BCUT2D eigenvalue weighted by Crippen LogP contribution is 2.10. The van der Waals surface area contributed by atoms with Gasteiger partial charge in [0.05, 0.1) is 6.61 Å². The van der Waals surface area contributed by atoms with E-state index in [2.05, 4.69) is 25.1 Å². The van der Waals surface area contributed by atoms with E-state index in [0.717, 1.165) is 63.8 Å². The zero-order valence-corrected chi connectivity index (χ0v) is 16.3. The van der Waals surface area contributed by atoms with Crippen LogP contribution in [0, 0.1) is 0 Å². The van der Waals surface area contributed by atoms with E-state index < -0.39 is 0 Å². The molecular weight excluding hydrogens is 354 g/mol. The number of rotatable bonds is 10. The Balaban J connectivity index is 1.20. The summed E-state index contributed by atoms with van der Waals surface area (Å²) in [4.78, 5) is 25.2. The molecule has 1 aliphatic rings. The highest BCUT2D eigenvalue weighted by atomic mass is 16.5. The number of ether oxygens (including phenoxy) is 1. The van der Waals surface area contributed by atoms with Crippen LogP contribution >= 0.6 is 0 Å². The van der Waals surface area contributed by atoms with Crippen LogP contribution in [0.3, 0.4) is 0 Å². The van der Waals surface area contributed by atoms with Gasteiger partial charge in [-0.3, -0.25) is 9.69 Å². The second-order valence-corrected chi connectivity index (χ2v) is 6.85. The maximum absolute atomic E-state index is 11.9. The van der Waals surface area contributed by atoms with E-state index in [4.69, 9.17) is 4.74 Å². The van der Waals surface area contributed by atoms with E-state index in [1.165, 1.54) is 0 Å². The molecule has 3 rings (SSSR count). The summed E-state index contributed by atoms with van der Waals surface area (Å²) in [5, 5.41) is 3.00. The normalized spacial score (nSPS) is 14.6. The van der Waals surface area contributed by atoms with Crippen molar-refractivity contribution in [3.05, 3.63) is 48.8 Å². The molecule has 7 heteroatoms. The molecule has 0 unspecified atom stereocenters. The quantitative estimate of drug-likeness (QED) is 0.633. The van der Waals surface area contributed by atoms with Gasteiger partial charge in [-0.05, 0) is 37.6 Å². The summed E-state index contributed by atoms with van der Waals surface area (Å²) < 4.78 is 5.60. The summed E-state index contributed by atoms with van der Waals surface area (Å²) in [6.07, 6.45) is 5.76. The fraction of sp³-hybridized carbons (Fsp3) is 0.476. The number of hydrogen-bond donors (Lipinski definition) is 1. The number of nitrogens with zero attached hydrogens (tertiary/aromatic N) is 4. The lowest BCUT2D eigenvalue weighted by molar-refractivity contribution is -0.121. The summed E-state index contributed by atoms with van der Waals surface area (Å²) >= 11 is 0. The summed E-state index contributed by atoms with van der Waals surface area (Å²) in [5.74, 6) is 1.76. The van der Waals surface area contributed by atoms with Crippen LogP contribution in [-0.2, 0) is 4.79 Å². The lowest BCUT2D eigenvalue weighted by Gasteiger charge is -2.34. The van der Waals surface area contributed by atoms with Gasteiger partial charge in [0.2, 0.25) is 11.9 Å². The summed E-state index contributed by atoms with van der Waals surface area (Å²) in [5.41, 5.74) is 0. The van der Waals surface area contributed by atoms with E-state index >= 15 is 0 Å². The van der Waals surface area contributed by atoms with Crippen LogP contribution in [0.2, 0.25) is 0 Å². The van der Waals surface area contributed by atoms with E-state index in [0.29, 0.717) is 13.0 Å². The third-order valence-electron chi connectivity index (χ3n) is 4.74. The number of carbonyl (C=O) groups is 1. The fourth-order valence-corrected chi connectivity index (χ4v) is 3.18. The number of piperazine rings is 1. The maximum atomic E-state index is 11.9. The number of aromatic nitrogens is 2. The van der Waals surface area contributed by atoms with E-state index in [9.17, 15) is 4.79 Å². The number of carbonyl (C=O) groups excluding carboxylic acids is 1. The highest BCUT2D eigenvalue weighted by Gasteiger charge is 2.18. The first kappa shape index (κ1) is 20.1. The number of anilines is 1.